The maximum atomic E-state index is 12.4. The highest BCUT2D eigenvalue weighted by molar-refractivity contribution is 6.24. The first-order valence-electron chi connectivity index (χ1n) is 9.63. The number of benzene rings is 2. The minimum absolute atomic E-state index is 0.153. The topological polar surface area (TPSA) is 69.0 Å². The Hall–Kier alpha value is -3.93. The molecule has 0 spiro atoms. The van der Waals surface area contributed by atoms with Gasteiger partial charge in [-0.2, -0.15) is 0 Å². The number of ether oxygens (including phenoxy) is 1. The van der Waals surface area contributed by atoms with Crippen LogP contribution in [0.2, 0.25) is 0 Å². The number of hydrogen-bond acceptors (Lipinski definition) is 4. The molecule has 0 saturated carbocycles. The molecule has 0 aliphatic rings. The first-order valence-corrected chi connectivity index (χ1v) is 9.63. The van der Waals surface area contributed by atoms with Gasteiger partial charge in [-0.1, -0.05) is 24.3 Å². The van der Waals surface area contributed by atoms with Crippen LogP contribution < -0.4 is 10.1 Å². The van der Waals surface area contributed by atoms with Gasteiger partial charge in [-0.25, -0.2) is 4.98 Å². The van der Waals surface area contributed by atoms with Crippen LogP contribution in [0.3, 0.4) is 0 Å². The Morgan fingerprint density at radius 2 is 1.80 bits per heavy atom. The molecule has 0 aliphatic heterocycles. The number of pyridine rings is 1. The van der Waals surface area contributed by atoms with Gasteiger partial charge in [0, 0.05) is 32.1 Å². The van der Waals surface area contributed by atoms with Crippen molar-refractivity contribution in [1.29, 1.82) is 0 Å². The lowest BCUT2D eigenvalue weighted by molar-refractivity contribution is -0.115. The molecule has 6 nitrogen and oxygen atoms in total. The zero-order valence-corrected chi connectivity index (χ0v) is 16.9. The van der Waals surface area contributed by atoms with Crippen molar-refractivity contribution >= 4 is 28.6 Å². The van der Waals surface area contributed by atoms with Crippen molar-refractivity contribution in [3.05, 3.63) is 90.0 Å². The maximum absolute atomic E-state index is 12.4. The zero-order valence-electron chi connectivity index (χ0n) is 16.9. The molecular formula is C24H22N4O2. The van der Waals surface area contributed by atoms with Crippen molar-refractivity contribution in [2.75, 3.05) is 7.05 Å². The number of fused-ring (bicyclic) bond motifs is 1. The molecule has 0 atom stereocenters. The van der Waals surface area contributed by atoms with Gasteiger partial charge in [0.2, 0.25) is 0 Å². The van der Waals surface area contributed by atoms with Crippen molar-refractivity contribution in [3.63, 3.8) is 0 Å². The van der Waals surface area contributed by atoms with Crippen molar-refractivity contribution in [1.82, 2.24) is 19.9 Å². The second kappa shape index (κ2) is 8.61. The Kier molecular flexibility index (Phi) is 5.57. The molecular weight excluding hydrogens is 376 g/mol. The summed E-state index contributed by atoms with van der Waals surface area (Å²) >= 11 is 0. The van der Waals surface area contributed by atoms with E-state index in [2.05, 4.69) is 15.3 Å². The van der Waals surface area contributed by atoms with Gasteiger partial charge in [-0.15, -0.1) is 0 Å². The number of nitrogens with zero attached hydrogens (tertiary/aromatic N) is 3. The lowest BCUT2D eigenvalue weighted by atomic mass is 10.0. The van der Waals surface area contributed by atoms with Gasteiger partial charge in [0.05, 0.1) is 11.0 Å². The van der Waals surface area contributed by atoms with E-state index in [9.17, 15) is 4.79 Å². The lowest BCUT2D eigenvalue weighted by Gasteiger charge is -2.10. The molecule has 0 saturated heterocycles. The molecule has 0 bridgehead atoms. The molecule has 30 heavy (non-hydrogen) atoms. The third-order valence-electron chi connectivity index (χ3n) is 4.90. The smallest absolute Gasteiger partial charge is 0.251 e. The van der Waals surface area contributed by atoms with Crippen LogP contribution in [0.4, 0.5) is 0 Å². The van der Waals surface area contributed by atoms with Crippen molar-refractivity contribution in [2.24, 2.45) is 7.05 Å². The third-order valence-corrected chi connectivity index (χ3v) is 4.90. The van der Waals surface area contributed by atoms with E-state index < -0.39 is 0 Å². The van der Waals surface area contributed by atoms with Crippen LogP contribution in [-0.4, -0.2) is 27.5 Å². The normalized spacial score (nSPS) is 11.5. The molecule has 150 valence electrons. The predicted molar refractivity (Wildman–Crippen MR) is 118 cm³/mol. The third kappa shape index (κ3) is 4.07. The summed E-state index contributed by atoms with van der Waals surface area (Å²) in [5.74, 6) is 1.41. The fraction of sp³-hybridized carbons (Fsp3) is 0.125. The summed E-state index contributed by atoms with van der Waals surface area (Å²) in [5.41, 5.74) is 4.31. The second-order valence-corrected chi connectivity index (χ2v) is 6.81. The average Bonchev–Trinajstić information content (AvgIpc) is 3.12. The first-order chi connectivity index (χ1) is 14.7. The number of rotatable bonds is 6. The van der Waals surface area contributed by atoms with Crippen molar-refractivity contribution in [2.45, 2.75) is 6.61 Å². The molecule has 0 unspecified atom stereocenters. The van der Waals surface area contributed by atoms with E-state index in [0.717, 1.165) is 28.0 Å². The number of hydrogen-bond donors (Lipinski definition) is 1. The number of nitrogens with one attached hydrogen (secondary N) is 1. The highest BCUT2D eigenvalue weighted by Gasteiger charge is 2.12. The first kappa shape index (κ1) is 19.4. The molecule has 1 N–H and O–H groups in total. The van der Waals surface area contributed by atoms with Gasteiger partial charge >= 0.3 is 0 Å². The zero-order chi connectivity index (χ0) is 20.9. The van der Waals surface area contributed by atoms with Crippen molar-refractivity contribution < 1.29 is 9.53 Å². The largest absolute Gasteiger partial charge is 0.486 e. The summed E-state index contributed by atoms with van der Waals surface area (Å²) in [6.07, 6.45) is 5.24. The van der Waals surface area contributed by atoms with E-state index in [0.29, 0.717) is 17.9 Å². The number of aromatic nitrogens is 3. The highest BCUT2D eigenvalue weighted by Crippen LogP contribution is 2.23. The van der Waals surface area contributed by atoms with Crippen LogP contribution in [0, 0.1) is 0 Å². The molecule has 0 radical (unpaired) electrons. The minimum Gasteiger partial charge on any atom is -0.486 e. The predicted octanol–water partition coefficient (Wildman–Crippen LogP) is 3.83. The van der Waals surface area contributed by atoms with Crippen LogP contribution in [0.15, 0.2) is 73.1 Å². The monoisotopic (exact) mass is 398 g/mol. The quantitative estimate of drug-likeness (QED) is 0.501. The van der Waals surface area contributed by atoms with E-state index in [-0.39, 0.29) is 5.91 Å². The number of amides is 1. The molecule has 4 rings (SSSR count). The SMILES string of the molecule is CNC(=O)/C(=C/c1ccncc1)c1ccc(OCc2nc3ccccc3n2C)cc1. The number of aryl methyl sites for hydroxylation is 1. The summed E-state index contributed by atoms with van der Waals surface area (Å²) in [6, 6.07) is 19.2. The van der Waals surface area contributed by atoms with Crippen LogP contribution >= 0.6 is 0 Å². The Bertz CT molecular complexity index is 1200. The summed E-state index contributed by atoms with van der Waals surface area (Å²) in [4.78, 5) is 21.0. The van der Waals surface area contributed by atoms with Crippen LogP contribution in [0.5, 0.6) is 5.75 Å². The van der Waals surface area contributed by atoms with Gasteiger partial charge < -0.3 is 14.6 Å². The average molecular weight is 398 g/mol. The van der Waals surface area contributed by atoms with Gasteiger partial charge in [0.1, 0.15) is 18.2 Å². The molecule has 1 amide bonds. The summed E-state index contributed by atoms with van der Waals surface area (Å²) < 4.78 is 7.96. The molecule has 6 heteroatoms. The number of para-hydroxylation sites is 2. The standard InChI is InChI=1S/C24H22N4O2/c1-25-24(29)20(15-17-11-13-26-14-12-17)18-7-9-19(10-8-18)30-16-23-27-21-5-3-4-6-22(21)28(23)2/h3-15H,16H2,1-2H3,(H,25,29)/b20-15+. The van der Waals surface area contributed by atoms with Gasteiger partial charge in [-0.3, -0.25) is 9.78 Å². The van der Waals surface area contributed by atoms with E-state index in [4.69, 9.17) is 4.74 Å². The molecule has 0 aliphatic carbocycles. The lowest BCUT2D eigenvalue weighted by Crippen LogP contribution is -2.19. The van der Waals surface area contributed by atoms with Crippen LogP contribution in [0.25, 0.3) is 22.7 Å². The Labute approximate surface area is 174 Å². The summed E-state index contributed by atoms with van der Waals surface area (Å²) in [6.45, 7) is 0.361. The summed E-state index contributed by atoms with van der Waals surface area (Å²) in [5, 5.41) is 2.70. The van der Waals surface area contributed by atoms with Crippen molar-refractivity contribution in [3.8, 4) is 5.75 Å². The van der Waals surface area contributed by atoms with Crippen LogP contribution in [-0.2, 0) is 18.4 Å². The number of carbonyl (C=O) groups excluding carboxylic acids is 1. The number of likely N-dealkylation sites (N-methyl/N-ethyl adjacent to an activating group) is 1. The minimum atomic E-state index is -0.153. The Morgan fingerprint density at radius 1 is 1.07 bits per heavy atom. The molecule has 2 aromatic heterocycles. The number of carbonyl (C=O) groups is 1. The van der Waals surface area contributed by atoms with Gasteiger partial charge in [0.15, 0.2) is 0 Å². The van der Waals surface area contributed by atoms with E-state index in [1.807, 2.05) is 78.4 Å². The van der Waals surface area contributed by atoms with Gasteiger partial charge in [-0.05, 0) is 53.6 Å². The van der Waals surface area contributed by atoms with Gasteiger partial charge in [0.25, 0.3) is 5.91 Å². The van der Waals surface area contributed by atoms with E-state index in [1.54, 1.807) is 19.4 Å². The van der Waals surface area contributed by atoms with Crippen LogP contribution in [0.1, 0.15) is 17.0 Å². The Morgan fingerprint density at radius 3 is 2.50 bits per heavy atom. The maximum Gasteiger partial charge on any atom is 0.251 e. The highest BCUT2D eigenvalue weighted by atomic mass is 16.5. The molecule has 2 aromatic carbocycles. The molecule has 4 aromatic rings. The van der Waals surface area contributed by atoms with E-state index in [1.165, 1.54) is 0 Å². The number of imidazole rings is 1. The van der Waals surface area contributed by atoms with E-state index >= 15 is 0 Å². The fourth-order valence-corrected chi connectivity index (χ4v) is 3.24. The molecule has 0 fully saturated rings. The molecule has 2 heterocycles. The Balaban J connectivity index is 1.53. The fourth-order valence-electron chi connectivity index (χ4n) is 3.24. The second-order valence-electron chi connectivity index (χ2n) is 6.81. The summed E-state index contributed by atoms with van der Waals surface area (Å²) in [7, 11) is 3.60.